The van der Waals surface area contributed by atoms with E-state index >= 15 is 0 Å². The van der Waals surface area contributed by atoms with Crippen LogP contribution in [0.15, 0.2) is 52.3 Å². The molecule has 0 bridgehead atoms. The number of carboxylic acids is 1. The van der Waals surface area contributed by atoms with Crippen LogP contribution in [0.5, 0.6) is 0 Å². The van der Waals surface area contributed by atoms with E-state index in [4.69, 9.17) is 17.2 Å². The second-order valence-electron chi connectivity index (χ2n) is 13.6. The first-order valence-electron chi connectivity index (χ1n) is 18.4. The number of benzene rings is 2. The lowest BCUT2D eigenvalue weighted by atomic mass is 10.0. The van der Waals surface area contributed by atoms with Gasteiger partial charge < -0.3 is 58.6 Å². The summed E-state index contributed by atoms with van der Waals surface area (Å²) >= 11 is 0. The Kier molecular flexibility index (Phi) is 15.2. The number of carboxylic acid groups (broad SMARTS) is 1. The van der Waals surface area contributed by atoms with Crippen molar-refractivity contribution in [3.8, 4) is 0 Å². The zero-order valence-electron chi connectivity index (χ0n) is 31.1. The normalized spacial score (nSPS) is 16.0. The van der Waals surface area contributed by atoms with Crippen LogP contribution in [0.2, 0.25) is 0 Å². The highest BCUT2D eigenvalue weighted by Crippen LogP contribution is 2.22. The van der Waals surface area contributed by atoms with E-state index in [0.29, 0.717) is 30.2 Å². The topological polar surface area (TPSA) is 318 Å². The summed E-state index contributed by atoms with van der Waals surface area (Å²) in [6, 6.07) is 6.24. The van der Waals surface area contributed by atoms with Gasteiger partial charge in [-0.2, -0.15) is 0 Å². The maximum atomic E-state index is 14.1. The van der Waals surface area contributed by atoms with Crippen molar-refractivity contribution in [2.75, 3.05) is 26.2 Å². The molecule has 0 spiro atoms. The summed E-state index contributed by atoms with van der Waals surface area (Å²) < 4.78 is 0. The Hall–Kier alpha value is -6.08. The molecule has 4 rings (SSSR count). The van der Waals surface area contributed by atoms with Crippen LogP contribution in [-0.2, 0) is 24.0 Å². The average Bonchev–Trinajstić information content (AvgIpc) is 3.67. The number of para-hydroxylation sites is 2. The molecule has 1 aliphatic rings. The van der Waals surface area contributed by atoms with Crippen LogP contribution in [-0.4, -0.2) is 118 Å². The number of amides is 5. The number of likely N-dealkylation sites (tertiary alicyclic amines) is 1. The summed E-state index contributed by atoms with van der Waals surface area (Å²) in [6.07, 6.45) is 0.279. The van der Waals surface area contributed by atoms with E-state index in [1.165, 1.54) is 24.0 Å². The molecule has 1 saturated heterocycles. The van der Waals surface area contributed by atoms with Gasteiger partial charge in [-0.1, -0.05) is 18.2 Å². The molecule has 1 aliphatic heterocycles. The number of carbonyl (C=O) groups excluding carboxylic acids is 5. The molecule has 19 heteroatoms. The molecule has 1 aromatic heterocycles. The number of aromatic amines is 1. The fourth-order valence-electron chi connectivity index (χ4n) is 6.58. The van der Waals surface area contributed by atoms with Crippen molar-refractivity contribution in [3.63, 3.8) is 0 Å². The monoisotopic (exact) mass is 778 g/mol. The summed E-state index contributed by atoms with van der Waals surface area (Å²) in [6.45, 7) is 1.63. The number of hydrogen-bond acceptors (Lipinski definition) is 10. The lowest BCUT2D eigenvalue weighted by molar-refractivity contribution is -0.145. The smallest absolute Gasteiger partial charge is 0.326 e. The number of aromatic nitrogens is 1. The Morgan fingerprint density at radius 1 is 0.946 bits per heavy atom. The Balaban J connectivity index is 1.53. The largest absolute Gasteiger partial charge is 0.480 e. The molecule has 56 heavy (non-hydrogen) atoms. The average molecular weight is 779 g/mol. The maximum Gasteiger partial charge on any atom is 0.326 e. The van der Waals surface area contributed by atoms with Crippen molar-refractivity contribution in [1.82, 2.24) is 31.2 Å². The number of pyridine rings is 1. The van der Waals surface area contributed by atoms with Crippen molar-refractivity contribution in [2.45, 2.75) is 82.1 Å². The van der Waals surface area contributed by atoms with Crippen LogP contribution >= 0.6 is 0 Å². The van der Waals surface area contributed by atoms with Gasteiger partial charge in [0.1, 0.15) is 24.2 Å². The Morgan fingerprint density at radius 2 is 1.66 bits per heavy atom. The third kappa shape index (κ3) is 11.0. The molecule has 5 atom stereocenters. The number of rotatable bonds is 19. The summed E-state index contributed by atoms with van der Waals surface area (Å²) in [7, 11) is 0. The Labute approximate surface area is 321 Å². The lowest BCUT2D eigenvalue weighted by Crippen LogP contribution is -2.59. The Bertz CT molecular complexity index is 2010. The van der Waals surface area contributed by atoms with Gasteiger partial charge in [0.25, 0.3) is 5.91 Å². The van der Waals surface area contributed by atoms with Gasteiger partial charge in [-0.3, -0.25) is 33.8 Å². The second-order valence-corrected chi connectivity index (χ2v) is 13.6. The number of nitrogens with two attached hydrogens (primary N) is 3. The minimum atomic E-state index is -1.56. The number of aliphatic hydroxyl groups is 1. The molecule has 19 nitrogen and oxygen atoms in total. The Morgan fingerprint density at radius 3 is 2.36 bits per heavy atom. The minimum Gasteiger partial charge on any atom is -0.480 e. The minimum absolute atomic E-state index is 0.0236. The number of aliphatic hydroxyl groups excluding tert-OH is 1. The summed E-state index contributed by atoms with van der Waals surface area (Å²) in [5.74, 6) is -4.78. The van der Waals surface area contributed by atoms with Crippen molar-refractivity contribution in [2.24, 2.45) is 22.2 Å². The maximum absolute atomic E-state index is 14.1. The van der Waals surface area contributed by atoms with Crippen LogP contribution in [0, 0.1) is 0 Å². The highest BCUT2D eigenvalue weighted by molar-refractivity contribution is 6.09. The van der Waals surface area contributed by atoms with E-state index < -0.39 is 59.9 Å². The number of carbonyl (C=O) groups is 6. The molecular weight excluding hydrogens is 728 g/mol. The highest BCUT2D eigenvalue weighted by atomic mass is 16.4. The first-order valence-corrected chi connectivity index (χ1v) is 18.4. The van der Waals surface area contributed by atoms with E-state index in [2.05, 4.69) is 31.2 Å². The van der Waals surface area contributed by atoms with Gasteiger partial charge in [-0.15, -0.1) is 0 Å². The predicted molar refractivity (Wildman–Crippen MR) is 207 cm³/mol. The van der Waals surface area contributed by atoms with Crippen LogP contribution in [0.3, 0.4) is 0 Å². The van der Waals surface area contributed by atoms with Crippen LogP contribution in [0.1, 0.15) is 62.2 Å². The zero-order chi connectivity index (χ0) is 40.9. The fraction of sp³-hybridized carbons (Fsp3) is 0.459. The van der Waals surface area contributed by atoms with Crippen molar-refractivity contribution < 1.29 is 39.0 Å². The van der Waals surface area contributed by atoms with E-state index in [9.17, 15) is 43.8 Å². The van der Waals surface area contributed by atoms with Crippen LogP contribution in [0.4, 0.5) is 0 Å². The van der Waals surface area contributed by atoms with Crippen LogP contribution < -0.4 is 43.9 Å². The van der Waals surface area contributed by atoms with Crippen molar-refractivity contribution in [3.05, 3.63) is 58.3 Å². The first kappa shape index (κ1) is 42.7. The zero-order valence-corrected chi connectivity index (χ0v) is 31.1. The van der Waals surface area contributed by atoms with Gasteiger partial charge in [-0.25, -0.2) is 4.79 Å². The molecule has 1 fully saturated rings. The quantitative estimate of drug-likeness (QED) is 0.0288. The molecule has 0 radical (unpaired) electrons. The van der Waals surface area contributed by atoms with Gasteiger partial charge in [-0.05, 0) is 76.1 Å². The van der Waals surface area contributed by atoms with Gasteiger partial charge in [0, 0.05) is 35.9 Å². The van der Waals surface area contributed by atoms with E-state index in [0.717, 1.165) is 0 Å². The van der Waals surface area contributed by atoms with Crippen molar-refractivity contribution >= 4 is 63.3 Å². The molecule has 13 N–H and O–H groups in total. The van der Waals surface area contributed by atoms with Gasteiger partial charge in [0.2, 0.25) is 23.6 Å². The molecule has 3 aromatic rings. The SMILES string of the molecule is C[C@@H](O)[C@H](NC(=O)c1cccc2c(=O)c3ccccc3[nH]c12)C(=O)N[C@@H](CCCCNC(=O)CN)C(=O)N1CCC[C@H]1C(=O)N[C@@H](CCCN=C(N)N)C(=O)O. The van der Waals surface area contributed by atoms with Crippen LogP contribution in [0.25, 0.3) is 21.8 Å². The van der Waals surface area contributed by atoms with Crippen molar-refractivity contribution in [1.29, 1.82) is 0 Å². The number of nitrogens with one attached hydrogen (secondary N) is 5. The third-order valence-corrected chi connectivity index (χ3v) is 9.48. The number of aliphatic imine (C=N–C) groups is 1. The lowest BCUT2D eigenvalue weighted by Gasteiger charge is -2.31. The predicted octanol–water partition coefficient (Wildman–Crippen LogP) is -1.50. The summed E-state index contributed by atoms with van der Waals surface area (Å²) in [4.78, 5) is 100. The summed E-state index contributed by atoms with van der Waals surface area (Å²) in [5, 5.41) is 31.4. The third-order valence-electron chi connectivity index (χ3n) is 9.48. The second kappa shape index (κ2) is 20.0. The van der Waals surface area contributed by atoms with E-state index in [-0.39, 0.29) is 85.6 Å². The molecule has 0 aliphatic carbocycles. The number of fused-ring (bicyclic) bond motifs is 2. The first-order chi connectivity index (χ1) is 26.7. The van der Waals surface area contributed by atoms with Gasteiger partial charge >= 0.3 is 5.97 Å². The van der Waals surface area contributed by atoms with Gasteiger partial charge in [0.15, 0.2) is 11.4 Å². The molecule has 0 saturated carbocycles. The standard InChI is InChI=1S/C37H50N10O9/c1-20(48)29(46-32(51)23-11-6-10-22-30(23)43-24-12-3-2-9-21(24)31(22)50)34(53)44-25(13-4-5-16-41-28(49)19-38)35(54)47-18-8-15-27(47)33(52)45-26(36(55)56)14-7-17-42-37(39)40/h2-3,6,9-12,20,25-27,29,48H,4-5,7-8,13-19,38H2,1H3,(H,41,49)(H,43,50)(H,44,53)(H,45,52)(H,46,51)(H,55,56)(H4,39,40,42)/t20-,25+,26+,27+,29+/m1/s1. The number of aliphatic carboxylic acids is 1. The fourth-order valence-corrected chi connectivity index (χ4v) is 6.58. The number of hydrogen-bond donors (Lipinski definition) is 10. The molecule has 0 unspecified atom stereocenters. The number of unbranched alkanes of at least 4 members (excludes halogenated alkanes) is 1. The molecule has 302 valence electrons. The molecular formula is C37H50N10O9. The molecule has 5 amide bonds. The summed E-state index contributed by atoms with van der Waals surface area (Å²) in [5.41, 5.74) is 16.5. The molecule has 2 heterocycles. The van der Waals surface area contributed by atoms with Gasteiger partial charge in [0.05, 0.1) is 23.7 Å². The molecule has 2 aromatic carbocycles. The van der Waals surface area contributed by atoms with E-state index in [1.54, 1.807) is 30.3 Å². The number of H-pyrrole nitrogens is 1. The number of nitrogens with zero attached hydrogens (tertiary/aromatic N) is 2. The number of guanidine groups is 1. The highest BCUT2D eigenvalue weighted by Gasteiger charge is 2.39. The van der Waals surface area contributed by atoms with E-state index in [1.807, 2.05) is 0 Å².